The van der Waals surface area contributed by atoms with Gasteiger partial charge < -0.3 is 20.1 Å². The Morgan fingerprint density at radius 2 is 1.75 bits per heavy atom. The van der Waals surface area contributed by atoms with Crippen LogP contribution in [-0.2, 0) is 40.0 Å². The largest absolute Gasteiger partial charge is 0.476 e. The van der Waals surface area contributed by atoms with Gasteiger partial charge in [0.2, 0.25) is 5.88 Å². The number of fused-ring (bicyclic) bond motifs is 2. The molecule has 1 saturated heterocycles. The van der Waals surface area contributed by atoms with Gasteiger partial charge in [-0.2, -0.15) is 0 Å². The molecule has 5 nitrogen and oxygen atoms in total. The number of hydrogen-bond donors (Lipinski definition) is 4. The second-order valence-corrected chi connectivity index (χ2v) is 9.86. The highest BCUT2D eigenvalue weighted by molar-refractivity contribution is 8.03. The molecule has 0 bridgehead atoms. The van der Waals surface area contributed by atoms with E-state index >= 15 is 0 Å². The lowest BCUT2D eigenvalue weighted by Crippen LogP contribution is -2.28. The van der Waals surface area contributed by atoms with Crippen LogP contribution in [0.5, 0.6) is 0 Å². The molecule has 1 aromatic carbocycles. The molecule has 3 aliphatic rings. The van der Waals surface area contributed by atoms with Crippen molar-refractivity contribution in [3.05, 3.63) is 63.7 Å². The lowest BCUT2D eigenvalue weighted by molar-refractivity contribution is 0.264. The van der Waals surface area contributed by atoms with E-state index in [0.717, 1.165) is 19.4 Å². The molecule has 1 aromatic rings. The van der Waals surface area contributed by atoms with Gasteiger partial charge in [-0.3, -0.25) is 4.78 Å². The summed E-state index contributed by atoms with van der Waals surface area (Å²) in [6.45, 7) is 11.7. The summed E-state index contributed by atoms with van der Waals surface area (Å²) in [6.07, 6.45) is 8.65. The minimum Gasteiger partial charge on any atom is -0.476 e. The van der Waals surface area contributed by atoms with Crippen LogP contribution in [0.1, 0.15) is 40.7 Å². The van der Waals surface area contributed by atoms with E-state index in [1.807, 2.05) is 0 Å². The maximum atomic E-state index is 8.80. The van der Waals surface area contributed by atoms with Crippen LogP contribution < -0.4 is 15.4 Å². The Labute approximate surface area is 168 Å². The number of anilines is 1. The fraction of sp³-hybridized carbons (Fsp3) is 0.409. The Morgan fingerprint density at radius 1 is 1.14 bits per heavy atom. The van der Waals surface area contributed by atoms with Crippen LogP contribution in [-0.4, -0.2) is 19.0 Å². The predicted octanol–water partition coefficient (Wildman–Crippen LogP) is 3.68. The average molecular weight is 399 g/mol. The van der Waals surface area contributed by atoms with Gasteiger partial charge in [0.05, 0.1) is 11.4 Å². The van der Waals surface area contributed by atoms with Crippen LogP contribution in [0.25, 0.3) is 0 Å². The summed E-state index contributed by atoms with van der Waals surface area (Å²) in [7, 11) is -2.35. The predicted molar refractivity (Wildman–Crippen MR) is 120 cm³/mol. The first kappa shape index (κ1) is 19.0. The van der Waals surface area contributed by atoms with Crippen molar-refractivity contribution in [2.24, 2.45) is 0 Å². The number of benzene rings is 1. The highest BCUT2D eigenvalue weighted by Crippen LogP contribution is 2.41. The third-order valence-corrected chi connectivity index (χ3v) is 7.63. The van der Waals surface area contributed by atoms with E-state index in [1.165, 1.54) is 59.2 Å². The van der Waals surface area contributed by atoms with Crippen LogP contribution in [0.15, 0.2) is 35.8 Å². The summed E-state index contributed by atoms with van der Waals surface area (Å²) in [6, 6.07) is 0. The lowest BCUT2D eigenvalue weighted by Gasteiger charge is -2.24. The molecule has 6 heteroatoms. The van der Waals surface area contributed by atoms with Gasteiger partial charge in [0, 0.05) is 5.69 Å². The van der Waals surface area contributed by atoms with E-state index in [1.54, 1.807) is 6.08 Å². The molecule has 1 aliphatic heterocycles. The number of allylic oxidation sites excluding steroid dienone is 1. The van der Waals surface area contributed by atoms with Crippen LogP contribution in [0.2, 0.25) is 0 Å². The highest BCUT2D eigenvalue weighted by atomic mass is 32.2. The summed E-state index contributed by atoms with van der Waals surface area (Å²) >= 11 is 0. The van der Waals surface area contributed by atoms with Crippen molar-refractivity contribution in [1.29, 1.82) is 4.78 Å². The molecule has 0 radical (unpaired) electrons. The summed E-state index contributed by atoms with van der Waals surface area (Å²) < 4.78 is 17.6. The normalized spacial score (nSPS) is 21.0. The van der Waals surface area contributed by atoms with E-state index in [0.29, 0.717) is 23.2 Å². The first-order valence-electron chi connectivity index (χ1n) is 9.96. The van der Waals surface area contributed by atoms with Crippen LogP contribution in [0.3, 0.4) is 0 Å². The van der Waals surface area contributed by atoms with Gasteiger partial charge in [-0.25, -0.2) is 0 Å². The molecule has 1 atom stereocenters. The zero-order valence-corrected chi connectivity index (χ0v) is 17.5. The molecule has 0 saturated carbocycles. The van der Waals surface area contributed by atoms with Crippen molar-refractivity contribution in [2.45, 2.75) is 45.4 Å². The summed E-state index contributed by atoms with van der Waals surface area (Å²) in [5.74, 6) is 5.34. The number of ether oxygens (including phenoxy) is 1. The van der Waals surface area contributed by atoms with E-state index < -0.39 is 9.60 Å². The second kappa shape index (κ2) is 7.24. The van der Waals surface area contributed by atoms with Crippen molar-refractivity contribution >= 4 is 21.2 Å². The topological polar surface area (TPSA) is 69.2 Å². The van der Waals surface area contributed by atoms with Crippen molar-refractivity contribution in [3.63, 3.8) is 0 Å². The third kappa shape index (κ3) is 3.20. The summed E-state index contributed by atoms with van der Waals surface area (Å²) in [5, 5.41) is 6.70. The third-order valence-electron chi connectivity index (χ3n) is 5.94. The maximum Gasteiger partial charge on any atom is 0.203 e. The smallest absolute Gasteiger partial charge is 0.203 e. The van der Waals surface area contributed by atoms with Crippen LogP contribution in [0.4, 0.5) is 5.69 Å². The van der Waals surface area contributed by atoms with Gasteiger partial charge in [0.25, 0.3) is 0 Å². The quantitative estimate of drug-likeness (QED) is 0.552. The van der Waals surface area contributed by atoms with Crippen LogP contribution in [0, 0.1) is 11.7 Å². The van der Waals surface area contributed by atoms with Gasteiger partial charge in [-0.1, -0.05) is 13.2 Å². The highest BCUT2D eigenvalue weighted by Gasteiger charge is 2.27. The zero-order chi connectivity index (χ0) is 19.9. The number of nitrogens with one attached hydrogen (secondary N) is 4. The molecule has 28 heavy (non-hydrogen) atoms. The van der Waals surface area contributed by atoms with Gasteiger partial charge in [0.1, 0.15) is 12.4 Å². The standard InChI is InChI=1S/C22H30N4OS/c1-5-20(22-24-12-13-27-22)28(4,23)26-15(3)25-21-18-10-6-8-16(18)14(2)17-9-7-11-19(17)21/h5,24-25H,1,3-4,6-13H2,2H3,(H2,23,26)/b22-20-. The Morgan fingerprint density at radius 3 is 2.29 bits per heavy atom. The summed E-state index contributed by atoms with van der Waals surface area (Å²) in [5.41, 5.74) is 8.66. The molecule has 150 valence electrons. The molecule has 0 amide bonds. The Balaban J connectivity index is 1.62. The SMILES string of the molecule is C=C/C(=C1\NCCO1)S(=C)(=N)NC(=C)Nc1c2c(c(C)c3c1CCC3)CCC2. The van der Waals surface area contributed by atoms with Crippen molar-refractivity contribution in [3.8, 4) is 0 Å². The molecular weight excluding hydrogens is 368 g/mol. The fourth-order valence-corrected chi connectivity index (χ4v) is 6.06. The fourth-order valence-electron chi connectivity index (χ4n) is 4.74. The minimum atomic E-state index is -2.35. The molecule has 4 rings (SSSR count). The summed E-state index contributed by atoms with van der Waals surface area (Å²) in [4.78, 5) is 0.660. The molecule has 1 unspecified atom stereocenters. The monoisotopic (exact) mass is 398 g/mol. The molecule has 0 aromatic heterocycles. The zero-order valence-electron chi connectivity index (χ0n) is 16.7. The Bertz CT molecular complexity index is 945. The van der Waals surface area contributed by atoms with Gasteiger partial charge in [0.15, 0.2) is 0 Å². The maximum absolute atomic E-state index is 8.80. The van der Waals surface area contributed by atoms with Crippen molar-refractivity contribution < 1.29 is 4.74 Å². The second-order valence-electron chi connectivity index (χ2n) is 7.74. The molecule has 1 heterocycles. The molecule has 1 fully saturated rings. The Kier molecular flexibility index (Phi) is 4.91. The molecule has 2 aliphatic carbocycles. The van der Waals surface area contributed by atoms with E-state index in [4.69, 9.17) is 9.52 Å². The van der Waals surface area contributed by atoms with E-state index in [9.17, 15) is 0 Å². The van der Waals surface area contributed by atoms with E-state index in [-0.39, 0.29) is 0 Å². The van der Waals surface area contributed by atoms with Gasteiger partial charge >= 0.3 is 0 Å². The molecule has 4 N–H and O–H groups in total. The van der Waals surface area contributed by atoms with Gasteiger partial charge in [-0.15, -0.1) is 0 Å². The minimum absolute atomic E-state index is 0.600. The lowest BCUT2D eigenvalue weighted by atomic mass is 9.93. The number of hydrogen-bond acceptors (Lipinski definition) is 4. The molecule has 0 spiro atoms. The van der Waals surface area contributed by atoms with E-state index in [2.05, 4.69) is 41.3 Å². The van der Waals surface area contributed by atoms with Crippen molar-refractivity contribution in [1.82, 2.24) is 10.0 Å². The average Bonchev–Trinajstić information content (AvgIpc) is 3.38. The van der Waals surface area contributed by atoms with Gasteiger partial charge in [-0.05, 0) is 94.8 Å². The molecular formula is C22H30N4OS. The number of rotatable bonds is 6. The first-order chi connectivity index (χ1) is 13.4. The van der Waals surface area contributed by atoms with Crippen molar-refractivity contribution in [2.75, 3.05) is 18.5 Å². The van der Waals surface area contributed by atoms with Crippen LogP contribution >= 0.6 is 0 Å². The first-order valence-corrected chi connectivity index (χ1v) is 11.8. The Hall–Kier alpha value is -2.34.